The minimum absolute atomic E-state index is 0.0310. The average Bonchev–Trinajstić information content (AvgIpc) is 1.86. The number of aliphatic carboxylic acids is 1. The van der Waals surface area contributed by atoms with E-state index < -0.39 is 44.7 Å². The van der Waals surface area contributed by atoms with Gasteiger partial charge in [-0.1, -0.05) is 0 Å². The van der Waals surface area contributed by atoms with Gasteiger partial charge >= 0.3 is 5.97 Å². The molecule has 0 aliphatic carbocycles. The maximum Gasteiger partial charge on any atom is 0.329 e. The molecule has 10 heterocycles. The Morgan fingerprint density at radius 3 is 1.31 bits per heavy atom. The number of carbonyl (C=O) groups excluding carboxylic acids is 1. The highest BCUT2D eigenvalue weighted by atomic mass is 32.2. The topological polar surface area (TPSA) is 223 Å². The summed E-state index contributed by atoms with van der Waals surface area (Å²) in [5.74, 6) is 0.102. The second-order valence-electron chi connectivity index (χ2n) is 24.6. The lowest BCUT2D eigenvalue weighted by Crippen LogP contribution is -2.49. The summed E-state index contributed by atoms with van der Waals surface area (Å²) in [5.41, 5.74) is 7.64. The van der Waals surface area contributed by atoms with Crippen LogP contribution in [0.2, 0.25) is 0 Å². The van der Waals surface area contributed by atoms with Gasteiger partial charge in [0.25, 0.3) is 0 Å². The summed E-state index contributed by atoms with van der Waals surface area (Å²) >= 11 is 0. The van der Waals surface area contributed by atoms with Crippen LogP contribution in [0.3, 0.4) is 0 Å². The molecule has 2 unspecified atom stereocenters. The summed E-state index contributed by atoms with van der Waals surface area (Å²) in [7, 11) is -4.56. The van der Waals surface area contributed by atoms with Crippen molar-refractivity contribution in [2.75, 3.05) is 116 Å². The molecule has 480 valence electrons. The molecule has 2 spiro atoms. The number of methoxy groups -OCH3 is 2. The van der Waals surface area contributed by atoms with E-state index in [2.05, 4.69) is 53.9 Å². The molecule has 1 amide bonds. The van der Waals surface area contributed by atoms with Crippen molar-refractivity contribution in [3.63, 3.8) is 0 Å². The second-order valence-corrected chi connectivity index (χ2v) is 28.3. The van der Waals surface area contributed by atoms with Gasteiger partial charge in [-0.15, -0.1) is 0 Å². The Kier molecular flexibility index (Phi) is 20.9. The molecular weight excluding hydrogens is 1170 g/mol. The molecule has 6 aliphatic heterocycles. The number of amides is 1. The number of nitrogens with zero attached hydrogens (tertiary/aromatic N) is 9. The van der Waals surface area contributed by atoms with E-state index in [4.69, 9.17) is 24.1 Å². The lowest BCUT2D eigenvalue weighted by Gasteiger charge is -2.47. The molecule has 0 saturated carbocycles. The number of rotatable bonds is 16. The first-order chi connectivity index (χ1) is 42.8. The second kappa shape index (κ2) is 28.5. The fourth-order valence-electron chi connectivity index (χ4n) is 14.3. The molecule has 21 nitrogen and oxygen atoms in total. The zero-order valence-electron chi connectivity index (χ0n) is 52.4. The Balaban J connectivity index is 0.000000164. The molecular formula is C66H88N10O11S2. The van der Waals surface area contributed by atoms with Crippen LogP contribution in [-0.2, 0) is 52.2 Å². The van der Waals surface area contributed by atoms with Gasteiger partial charge in [-0.25, -0.2) is 21.6 Å². The van der Waals surface area contributed by atoms with Crippen LogP contribution < -0.4 is 24.6 Å². The summed E-state index contributed by atoms with van der Waals surface area (Å²) < 4.78 is 84.2. The molecule has 2 N–H and O–H groups in total. The molecule has 0 radical (unpaired) electrons. The monoisotopic (exact) mass is 1260 g/mol. The van der Waals surface area contributed by atoms with E-state index in [0.29, 0.717) is 69.1 Å². The van der Waals surface area contributed by atoms with E-state index in [0.717, 1.165) is 63.3 Å². The molecule has 4 fully saturated rings. The normalized spacial score (nSPS) is 20.1. The van der Waals surface area contributed by atoms with Crippen molar-refractivity contribution in [1.29, 1.82) is 0 Å². The number of fused-ring (bicyclic) bond motifs is 2. The van der Waals surface area contributed by atoms with Crippen LogP contribution in [0.15, 0.2) is 120 Å². The molecule has 89 heavy (non-hydrogen) atoms. The van der Waals surface area contributed by atoms with Gasteiger partial charge in [0.15, 0.2) is 0 Å². The Labute approximate surface area is 525 Å². The van der Waals surface area contributed by atoms with Crippen molar-refractivity contribution in [3.8, 4) is 11.5 Å². The van der Waals surface area contributed by atoms with Gasteiger partial charge in [0, 0.05) is 125 Å². The Hall–Kier alpha value is -6.86. The minimum atomic E-state index is -3.84. The number of aryl methyl sites for hydroxylation is 4. The Bertz CT molecular complexity index is 3540. The molecule has 6 aromatic rings. The zero-order valence-corrected chi connectivity index (χ0v) is 54.0. The number of carbonyl (C=O) groups is 2. The number of sulfonamides is 2. The van der Waals surface area contributed by atoms with Crippen LogP contribution >= 0.6 is 0 Å². The number of anilines is 2. The minimum Gasteiger partial charge on any atom is -0.497 e. The SMILES string of the molecule is COc1cc(C)c(S(=O)(=O)N2CCn3cccc3C2COCC(=O)N2CCC3(CC2)CCN(c2ccncc2)CC3)c(C)c1.COc1cc(C)c(S(=O)(=O)N2CCn3cccc3C2COCC(=O)O)c(C)c1.c1cc(N2CCC3(CCNCC3)CC2)ccn1. The molecule has 4 saturated heterocycles. The highest BCUT2D eigenvalue weighted by molar-refractivity contribution is 7.89. The van der Waals surface area contributed by atoms with Crippen LogP contribution in [0.5, 0.6) is 11.5 Å². The third kappa shape index (κ3) is 14.8. The van der Waals surface area contributed by atoms with Crippen LogP contribution in [0.25, 0.3) is 0 Å². The first-order valence-corrected chi connectivity index (χ1v) is 34.0. The van der Waals surface area contributed by atoms with Crippen LogP contribution in [0, 0.1) is 38.5 Å². The maximum atomic E-state index is 14.1. The van der Waals surface area contributed by atoms with Gasteiger partial charge in [0.05, 0.1) is 49.3 Å². The lowest BCUT2D eigenvalue weighted by atomic mass is 9.71. The largest absolute Gasteiger partial charge is 0.497 e. The number of hydrogen-bond donors (Lipinski definition) is 2. The predicted molar refractivity (Wildman–Crippen MR) is 340 cm³/mol. The number of carboxylic acid groups (broad SMARTS) is 1. The van der Waals surface area contributed by atoms with Crippen molar-refractivity contribution in [1.82, 2.24) is 37.9 Å². The summed E-state index contributed by atoms with van der Waals surface area (Å²) in [6.45, 7) is 16.7. The number of carboxylic acids is 1. The van der Waals surface area contributed by atoms with Crippen LogP contribution in [0.1, 0.15) is 97.1 Å². The fourth-order valence-corrected chi connectivity index (χ4v) is 18.3. The van der Waals surface area contributed by atoms with Crippen molar-refractivity contribution in [2.45, 2.75) is 114 Å². The third-order valence-electron chi connectivity index (χ3n) is 19.2. The van der Waals surface area contributed by atoms with Crippen LogP contribution in [0.4, 0.5) is 11.4 Å². The first-order valence-electron chi connectivity index (χ1n) is 31.1. The number of benzene rings is 2. The van der Waals surface area contributed by atoms with E-state index in [1.807, 2.05) is 70.9 Å². The van der Waals surface area contributed by atoms with E-state index in [1.165, 1.54) is 79.0 Å². The summed E-state index contributed by atoms with van der Waals surface area (Å²) in [6.07, 6.45) is 21.1. The van der Waals surface area contributed by atoms with Crippen LogP contribution in [-0.4, -0.2) is 173 Å². The maximum absolute atomic E-state index is 14.1. The Morgan fingerprint density at radius 2 is 0.921 bits per heavy atom. The summed E-state index contributed by atoms with van der Waals surface area (Å²) in [6, 6.07) is 21.7. The zero-order chi connectivity index (χ0) is 62.9. The van der Waals surface area contributed by atoms with Gasteiger partial charge in [-0.05, 0) is 198 Å². The number of piperidine rings is 4. The van der Waals surface area contributed by atoms with Gasteiger partial charge in [0.2, 0.25) is 26.0 Å². The quantitative estimate of drug-likeness (QED) is 0.0932. The predicted octanol–water partition coefficient (Wildman–Crippen LogP) is 8.19. The summed E-state index contributed by atoms with van der Waals surface area (Å²) in [4.78, 5) is 39.7. The highest BCUT2D eigenvalue weighted by Crippen LogP contribution is 2.44. The molecule has 23 heteroatoms. The lowest BCUT2D eigenvalue weighted by molar-refractivity contribution is -0.142. The number of pyridine rings is 2. The number of ether oxygens (including phenoxy) is 4. The molecule has 12 rings (SSSR count). The molecule has 2 aromatic carbocycles. The van der Waals surface area contributed by atoms with E-state index in [1.54, 1.807) is 59.1 Å². The fraction of sp³-hybridized carbons (Fsp3) is 0.515. The van der Waals surface area contributed by atoms with Gasteiger partial charge in [0.1, 0.15) is 24.7 Å². The van der Waals surface area contributed by atoms with E-state index >= 15 is 0 Å². The van der Waals surface area contributed by atoms with E-state index in [-0.39, 0.29) is 37.2 Å². The van der Waals surface area contributed by atoms with Gasteiger partial charge < -0.3 is 53.2 Å². The standard InChI is InChI=1S/C33H43N5O5S.C19H24N2O6S.C14H21N3/c1-25-21-28(42-3)22-26(2)32(25)44(40,41)38-20-19-36-14-4-5-29(36)30(38)23-43-24-31(39)37-17-10-33(11-18-37)8-15-35(16-9-33)27-6-12-34-13-7-27;1-13-9-15(26-3)10-14(2)19(13)28(24,25)21-8-7-20-6-4-5-16(20)17(21)11-27-12-18(22)23;1-7-15-8-2-13(1)17-11-5-14(6-12-17)3-9-16-10-4-14/h4-7,12-14,21-22,30H,8-11,15-20,23-24H2,1-3H3;4-6,9-10,17H,7-8,11-12H2,1-3H3,(H,22,23);1-2,7-8,16H,3-6,9-12H2. The van der Waals surface area contributed by atoms with Gasteiger partial charge in [-0.3, -0.25) is 14.8 Å². The third-order valence-corrected chi connectivity index (χ3v) is 23.7. The number of hydrogen-bond acceptors (Lipinski definition) is 15. The number of nitrogens with one attached hydrogen (secondary N) is 1. The highest BCUT2D eigenvalue weighted by Gasteiger charge is 2.42. The Morgan fingerprint density at radius 1 is 0.539 bits per heavy atom. The van der Waals surface area contributed by atoms with E-state index in [9.17, 15) is 26.4 Å². The van der Waals surface area contributed by atoms with Crippen molar-refractivity contribution < 1.29 is 50.5 Å². The number of aromatic nitrogens is 4. The molecule has 0 bridgehead atoms. The number of likely N-dealkylation sites (tertiary alicyclic amines) is 1. The van der Waals surface area contributed by atoms with Gasteiger partial charge in [-0.2, -0.15) is 8.61 Å². The van der Waals surface area contributed by atoms with Crippen molar-refractivity contribution in [2.24, 2.45) is 10.8 Å². The molecule has 6 aliphatic rings. The first kappa shape index (κ1) is 65.1. The average molecular weight is 1260 g/mol. The molecule has 2 atom stereocenters. The van der Waals surface area contributed by atoms with Crippen molar-refractivity contribution in [3.05, 3.63) is 144 Å². The molecule has 4 aromatic heterocycles. The summed E-state index contributed by atoms with van der Waals surface area (Å²) in [5, 5.41) is 12.3. The van der Waals surface area contributed by atoms with Crippen molar-refractivity contribution >= 4 is 43.3 Å². The smallest absolute Gasteiger partial charge is 0.329 e.